The van der Waals surface area contributed by atoms with E-state index >= 15 is 0 Å². The van der Waals surface area contributed by atoms with Crippen molar-refractivity contribution in [2.24, 2.45) is 10.7 Å². The van der Waals surface area contributed by atoms with Gasteiger partial charge in [-0.25, -0.2) is 4.79 Å². The van der Waals surface area contributed by atoms with Gasteiger partial charge < -0.3 is 15.4 Å². The normalized spacial score (nSPS) is 18.3. The molecule has 11 heteroatoms. The SMILES string of the molecule is C.CCOc1cc(C(C)(C)C)ccc1C1=N[C@@H](c2ccc(Cl)cc2)[C@@H](c2ccc(Cl)cc2)N1C(=O)N1CCN(CC(N)=O)CC1.Cl. The highest BCUT2D eigenvalue weighted by atomic mass is 35.5. The molecular formula is C35H44Cl3N5O3. The van der Waals surface area contributed by atoms with Crippen LogP contribution in [0.3, 0.4) is 0 Å². The zero-order chi connectivity index (χ0) is 31.6. The molecule has 0 unspecified atom stereocenters. The van der Waals surface area contributed by atoms with Crippen molar-refractivity contribution < 1.29 is 14.3 Å². The number of carbonyl (C=O) groups excluding carboxylic acids is 2. The van der Waals surface area contributed by atoms with E-state index in [-0.39, 0.29) is 43.7 Å². The molecule has 46 heavy (non-hydrogen) atoms. The van der Waals surface area contributed by atoms with Crippen molar-refractivity contribution >= 4 is 53.4 Å². The lowest BCUT2D eigenvalue weighted by Crippen LogP contribution is -2.55. The van der Waals surface area contributed by atoms with Gasteiger partial charge in [0.2, 0.25) is 5.91 Å². The summed E-state index contributed by atoms with van der Waals surface area (Å²) in [7, 11) is 0. The van der Waals surface area contributed by atoms with Crippen molar-refractivity contribution in [1.82, 2.24) is 14.7 Å². The van der Waals surface area contributed by atoms with Crippen LogP contribution in [0.2, 0.25) is 10.0 Å². The predicted molar refractivity (Wildman–Crippen MR) is 190 cm³/mol. The van der Waals surface area contributed by atoms with Gasteiger partial charge >= 0.3 is 6.03 Å². The van der Waals surface area contributed by atoms with Crippen LogP contribution in [-0.2, 0) is 10.2 Å². The van der Waals surface area contributed by atoms with Gasteiger partial charge in [-0.1, -0.05) is 81.7 Å². The van der Waals surface area contributed by atoms with Crippen molar-refractivity contribution in [3.63, 3.8) is 0 Å². The molecule has 8 nitrogen and oxygen atoms in total. The number of hydrogen-bond acceptors (Lipinski definition) is 5. The lowest BCUT2D eigenvalue weighted by Gasteiger charge is -2.38. The number of primary amides is 1. The Morgan fingerprint density at radius 1 is 0.913 bits per heavy atom. The maximum atomic E-state index is 14.7. The first-order valence-corrected chi connectivity index (χ1v) is 15.7. The molecule has 0 bridgehead atoms. The van der Waals surface area contributed by atoms with Crippen LogP contribution in [0.15, 0.2) is 71.7 Å². The summed E-state index contributed by atoms with van der Waals surface area (Å²) in [6, 6.07) is 20.3. The molecule has 3 aromatic carbocycles. The van der Waals surface area contributed by atoms with Gasteiger partial charge in [0.25, 0.3) is 0 Å². The second-order valence-electron chi connectivity index (χ2n) is 12.2. The standard InChI is InChI=1S/C34H39Cl2N5O3.CH4.ClH/c1-5-44-28-20-24(34(2,3)4)10-15-27(28)32-38-30(22-6-11-25(35)12-7-22)31(23-8-13-26(36)14-9-23)41(32)33(43)40-18-16-39(17-19-40)21-29(37)42;;/h6-15,20,30-31H,5,16-19,21H2,1-4H3,(H2,37,42);1H4;1H/t30-,31+;;/m0../s1. The van der Waals surface area contributed by atoms with E-state index in [4.69, 9.17) is 38.7 Å². The van der Waals surface area contributed by atoms with Gasteiger partial charge in [-0.05, 0) is 65.4 Å². The number of amidine groups is 1. The number of carbonyl (C=O) groups is 2. The van der Waals surface area contributed by atoms with Gasteiger partial charge in [0.1, 0.15) is 17.6 Å². The number of piperazine rings is 1. The molecule has 2 N–H and O–H groups in total. The van der Waals surface area contributed by atoms with Crippen LogP contribution in [0, 0.1) is 0 Å². The zero-order valence-corrected chi connectivity index (χ0v) is 28.3. The fourth-order valence-electron chi connectivity index (χ4n) is 5.77. The third-order valence-corrected chi connectivity index (χ3v) is 8.61. The van der Waals surface area contributed by atoms with E-state index in [1.54, 1.807) is 4.90 Å². The molecule has 0 saturated carbocycles. The maximum Gasteiger partial charge on any atom is 0.326 e. The van der Waals surface area contributed by atoms with Crippen LogP contribution in [0.5, 0.6) is 5.75 Å². The summed E-state index contributed by atoms with van der Waals surface area (Å²) >= 11 is 12.6. The zero-order valence-electron chi connectivity index (χ0n) is 26.0. The van der Waals surface area contributed by atoms with Crippen LogP contribution in [0.25, 0.3) is 0 Å². The molecule has 0 spiro atoms. The highest BCUT2D eigenvalue weighted by molar-refractivity contribution is 6.30. The number of amides is 3. The first-order valence-electron chi connectivity index (χ1n) is 14.9. The number of ether oxygens (including phenoxy) is 1. The van der Waals surface area contributed by atoms with Crippen molar-refractivity contribution in [1.29, 1.82) is 0 Å². The Hall–Kier alpha value is -3.30. The molecule has 1 saturated heterocycles. The third kappa shape index (κ3) is 8.15. The van der Waals surface area contributed by atoms with E-state index in [2.05, 4.69) is 32.9 Å². The van der Waals surface area contributed by atoms with E-state index in [1.807, 2.05) is 71.3 Å². The largest absolute Gasteiger partial charge is 0.493 e. The Balaban J connectivity index is 0.00000288. The number of halogens is 3. The molecule has 3 aromatic rings. The average Bonchev–Trinajstić information content (AvgIpc) is 3.37. The monoisotopic (exact) mass is 687 g/mol. The van der Waals surface area contributed by atoms with Crippen LogP contribution in [0.1, 0.15) is 69.5 Å². The fourth-order valence-corrected chi connectivity index (χ4v) is 6.02. The summed E-state index contributed by atoms with van der Waals surface area (Å²) < 4.78 is 6.21. The number of benzene rings is 3. The highest BCUT2D eigenvalue weighted by Gasteiger charge is 2.45. The topological polar surface area (TPSA) is 91.5 Å². The molecular weight excluding hydrogens is 645 g/mol. The lowest BCUT2D eigenvalue weighted by molar-refractivity contribution is -0.119. The Morgan fingerprint density at radius 2 is 1.48 bits per heavy atom. The van der Waals surface area contributed by atoms with Gasteiger partial charge in [0.15, 0.2) is 0 Å². The van der Waals surface area contributed by atoms with E-state index < -0.39 is 12.1 Å². The van der Waals surface area contributed by atoms with Gasteiger partial charge in [0.05, 0.1) is 24.8 Å². The summed E-state index contributed by atoms with van der Waals surface area (Å²) in [5, 5.41) is 1.23. The molecule has 1 fully saturated rings. The van der Waals surface area contributed by atoms with Crippen LogP contribution in [-0.4, -0.2) is 71.8 Å². The molecule has 5 rings (SSSR count). The third-order valence-electron chi connectivity index (χ3n) is 8.11. The minimum Gasteiger partial charge on any atom is -0.493 e. The fraction of sp³-hybridized carbons (Fsp3) is 0.400. The molecule has 3 amide bonds. The van der Waals surface area contributed by atoms with E-state index in [1.165, 1.54) is 0 Å². The Kier molecular flexibility index (Phi) is 12.5. The highest BCUT2D eigenvalue weighted by Crippen LogP contribution is 2.46. The first kappa shape index (κ1) is 37.2. The molecule has 0 aromatic heterocycles. The molecule has 2 aliphatic rings. The summed E-state index contributed by atoms with van der Waals surface area (Å²) in [6.45, 7) is 11.1. The van der Waals surface area contributed by atoms with Gasteiger partial charge in [-0.3, -0.25) is 19.6 Å². The van der Waals surface area contributed by atoms with Crippen LogP contribution >= 0.6 is 35.6 Å². The van der Waals surface area contributed by atoms with E-state index in [9.17, 15) is 9.59 Å². The molecule has 2 atom stereocenters. The summed E-state index contributed by atoms with van der Waals surface area (Å²) in [5.41, 5.74) is 9.03. The second-order valence-corrected chi connectivity index (χ2v) is 13.1. The quantitative estimate of drug-likeness (QED) is 0.278. The van der Waals surface area contributed by atoms with Crippen LogP contribution in [0.4, 0.5) is 4.79 Å². The van der Waals surface area contributed by atoms with Gasteiger partial charge in [-0.2, -0.15) is 0 Å². The average molecular weight is 689 g/mol. The Bertz CT molecular complexity index is 1530. The number of rotatable bonds is 7. The van der Waals surface area contributed by atoms with Crippen molar-refractivity contribution in [3.05, 3.63) is 99.0 Å². The van der Waals surface area contributed by atoms with Gasteiger partial charge in [0, 0.05) is 36.2 Å². The summed E-state index contributed by atoms with van der Waals surface area (Å²) in [6.07, 6.45) is 0. The molecule has 2 heterocycles. The Labute approximate surface area is 288 Å². The number of urea groups is 1. The molecule has 248 valence electrons. The second kappa shape index (κ2) is 15.5. The molecule has 2 aliphatic heterocycles. The van der Waals surface area contributed by atoms with Crippen molar-refractivity contribution in [3.8, 4) is 5.75 Å². The number of aliphatic imine (C=N–C) groups is 1. The van der Waals surface area contributed by atoms with Gasteiger partial charge in [-0.15, -0.1) is 12.4 Å². The lowest BCUT2D eigenvalue weighted by atomic mass is 9.86. The van der Waals surface area contributed by atoms with Crippen molar-refractivity contribution in [2.45, 2.75) is 52.6 Å². The number of nitrogens with zero attached hydrogens (tertiary/aromatic N) is 4. The maximum absolute atomic E-state index is 14.7. The van der Waals surface area contributed by atoms with E-state index in [0.29, 0.717) is 54.4 Å². The summed E-state index contributed by atoms with van der Waals surface area (Å²) in [4.78, 5) is 37.1. The molecule has 0 radical (unpaired) electrons. The number of nitrogens with two attached hydrogens (primary N) is 1. The first-order chi connectivity index (χ1) is 21.0. The van der Waals surface area contributed by atoms with Crippen LogP contribution < -0.4 is 10.5 Å². The number of hydrogen-bond donors (Lipinski definition) is 1. The summed E-state index contributed by atoms with van der Waals surface area (Å²) in [5.74, 6) is 0.835. The van der Waals surface area contributed by atoms with E-state index in [0.717, 1.165) is 22.3 Å². The minimum absolute atomic E-state index is 0. The minimum atomic E-state index is -0.462. The Morgan fingerprint density at radius 3 is 2.00 bits per heavy atom. The smallest absolute Gasteiger partial charge is 0.326 e. The van der Waals surface area contributed by atoms with Crippen molar-refractivity contribution in [2.75, 3.05) is 39.3 Å². The predicted octanol–water partition coefficient (Wildman–Crippen LogP) is 7.52. The molecule has 0 aliphatic carbocycles.